The molecule has 0 saturated carbocycles. The standard InChI is InChI=1S/C20H26N2O3S/c1-6-15-7-9-16(10-8-15)11-17-19(24)21(20(25)26-17)12-18(23)22(13(2)3)14(4)5/h7-11,13-14H,6,12H2,1-5H3/b17-11-. The second-order valence-corrected chi connectivity index (χ2v) is 7.84. The fourth-order valence-electron chi connectivity index (χ4n) is 3.03. The summed E-state index contributed by atoms with van der Waals surface area (Å²) < 4.78 is 0. The van der Waals surface area contributed by atoms with E-state index < -0.39 is 11.1 Å². The molecule has 0 radical (unpaired) electrons. The van der Waals surface area contributed by atoms with Crippen LogP contribution < -0.4 is 0 Å². The molecule has 5 nitrogen and oxygen atoms in total. The number of carbonyl (C=O) groups is 3. The summed E-state index contributed by atoms with van der Waals surface area (Å²) in [6.07, 6.45) is 2.65. The number of hydrogen-bond donors (Lipinski definition) is 0. The molecule has 0 unspecified atom stereocenters. The Morgan fingerprint density at radius 3 is 2.19 bits per heavy atom. The summed E-state index contributed by atoms with van der Waals surface area (Å²) in [6.45, 7) is 9.55. The monoisotopic (exact) mass is 374 g/mol. The zero-order valence-corrected chi connectivity index (χ0v) is 16.8. The first-order valence-electron chi connectivity index (χ1n) is 8.90. The summed E-state index contributed by atoms with van der Waals surface area (Å²) in [5.74, 6) is -0.619. The van der Waals surface area contributed by atoms with E-state index in [1.54, 1.807) is 11.0 Å². The molecule has 0 aromatic heterocycles. The SMILES string of the molecule is CCc1ccc(/C=C2\SC(=O)N(CC(=O)N(C(C)C)C(C)C)C2=O)cc1. The van der Waals surface area contributed by atoms with Crippen molar-refractivity contribution in [2.24, 2.45) is 0 Å². The van der Waals surface area contributed by atoms with Gasteiger partial charge in [-0.3, -0.25) is 19.3 Å². The van der Waals surface area contributed by atoms with Crippen molar-refractivity contribution in [3.05, 3.63) is 40.3 Å². The molecule has 1 heterocycles. The van der Waals surface area contributed by atoms with E-state index in [0.29, 0.717) is 4.91 Å². The Morgan fingerprint density at radius 2 is 1.69 bits per heavy atom. The summed E-state index contributed by atoms with van der Waals surface area (Å²) in [7, 11) is 0. The summed E-state index contributed by atoms with van der Waals surface area (Å²) in [5.41, 5.74) is 2.08. The molecule has 26 heavy (non-hydrogen) atoms. The molecule has 1 fully saturated rings. The van der Waals surface area contributed by atoms with Crippen LogP contribution in [-0.4, -0.2) is 45.5 Å². The lowest BCUT2D eigenvalue weighted by Gasteiger charge is -2.31. The van der Waals surface area contributed by atoms with E-state index in [1.807, 2.05) is 52.0 Å². The highest BCUT2D eigenvalue weighted by Gasteiger charge is 2.37. The summed E-state index contributed by atoms with van der Waals surface area (Å²) >= 11 is 0.885. The maximum Gasteiger partial charge on any atom is 0.294 e. The van der Waals surface area contributed by atoms with E-state index in [4.69, 9.17) is 0 Å². The number of aryl methyl sites for hydroxylation is 1. The molecule has 1 aromatic carbocycles. The van der Waals surface area contributed by atoms with Crippen molar-refractivity contribution < 1.29 is 14.4 Å². The fourth-order valence-corrected chi connectivity index (χ4v) is 3.86. The van der Waals surface area contributed by atoms with Crippen molar-refractivity contribution in [3.63, 3.8) is 0 Å². The van der Waals surface area contributed by atoms with Crippen LogP contribution >= 0.6 is 11.8 Å². The highest BCUT2D eigenvalue weighted by Crippen LogP contribution is 2.32. The number of benzene rings is 1. The zero-order chi connectivity index (χ0) is 19.4. The predicted molar refractivity (Wildman–Crippen MR) is 106 cm³/mol. The van der Waals surface area contributed by atoms with Crippen molar-refractivity contribution in [1.82, 2.24) is 9.80 Å². The Kier molecular flexibility index (Phi) is 6.64. The van der Waals surface area contributed by atoms with E-state index in [0.717, 1.165) is 28.6 Å². The fraction of sp³-hybridized carbons (Fsp3) is 0.450. The van der Waals surface area contributed by atoms with Gasteiger partial charge < -0.3 is 4.90 Å². The molecule has 1 saturated heterocycles. The van der Waals surface area contributed by atoms with Crippen LogP contribution in [0.2, 0.25) is 0 Å². The highest BCUT2D eigenvalue weighted by molar-refractivity contribution is 8.18. The molecule has 6 heteroatoms. The second-order valence-electron chi connectivity index (χ2n) is 6.85. The molecular weight excluding hydrogens is 348 g/mol. The molecule has 0 N–H and O–H groups in total. The molecule has 1 aliphatic heterocycles. The summed E-state index contributed by atoms with van der Waals surface area (Å²) in [5, 5.41) is -0.396. The smallest absolute Gasteiger partial charge is 0.294 e. The van der Waals surface area contributed by atoms with Crippen LogP contribution in [0.5, 0.6) is 0 Å². The number of nitrogens with zero attached hydrogens (tertiary/aromatic N) is 2. The van der Waals surface area contributed by atoms with Crippen LogP contribution in [0, 0.1) is 0 Å². The van der Waals surface area contributed by atoms with Gasteiger partial charge in [-0.05, 0) is 63.1 Å². The van der Waals surface area contributed by atoms with Crippen molar-refractivity contribution in [3.8, 4) is 0 Å². The number of thioether (sulfide) groups is 1. The Balaban J connectivity index is 2.15. The van der Waals surface area contributed by atoms with Crippen molar-refractivity contribution in [1.29, 1.82) is 0 Å². The number of hydrogen-bond acceptors (Lipinski definition) is 4. The average Bonchev–Trinajstić information content (AvgIpc) is 2.82. The lowest BCUT2D eigenvalue weighted by molar-refractivity contribution is -0.138. The molecule has 0 aliphatic carbocycles. The van der Waals surface area contributed by atoms with E-state index >= 15 is 0 Å². The number of carbonyl (C=O) groups excluding carboxylic acids is 3. The first kappa shape index (κ1) is 20.2. The van der Waals surface area contributed by atoms with Gasteiger partial charge in [0.1, 0.15) is 6.54 Å². The van der Waals surface area contributed by atoms with Crippen LogP contribution in [0.3, 0.4) is 0 Å². The maximum atomic E-state index is 12.6. The lowest BCUT2D eigenvalue weighted by Crippen LogP contribution is -2.48. The van der Waals surface area contributed by atoms with Crippen molar-refractivity contribution in [2.75, 3.05) is 6.54 Å². The number of rotatable bonds is 6. The van der Waals surface area contributed by atoms with Crippen LogP contribution in [0.25, 0.3) is 6.08 Å². The van der Waals surface area contributed by atoms with Crippen LogP contribution in [0.4, 0.5) is 4.79 Å². The minimum Gasteiger partial charge on any atom is -0.336 e. The van der Waals surface area contributed by atoms with Crippen molar-refractivity contribution >= 4 is 34.9 Å². The van der Waals surface area contributed by atoms with Gasteiger partial charge in [0.15, 0.2) is 0 Å². The first-order chi connectivity index (χ1) is 12.2. The topological polar surface area (TPSA) is 57.7 Å². The van der Waals surface area contributed by atoms with Crippen molar-refractivity contribution in [2.45, 2.75) is 53.1 Å². The second kappa shape index (κ2) is 8.54. The van der Waals surface area contributed by atoms with E-state index in [1.165, 1.54) is 5.56 Å². The van der Waals surface area contributed by atoms with Gasteiger partial charge >= 0.3 is 0 Å². The third-order valence-electron chi connectivity index (χ3n) is 4.25. The molecule has 2 rings (SSSR count). The van der Waals surface area contributed by atoms with Gasteiger partial charge in [-0.2, -0.15) is 0 Å². The summed E-state index contributed by atoms with van der Waals surface area (Å²) in [6, 6.07) is 7.88. The van der Waals surface area contributed by atoms with Crippen LogP contribution in [0.15, 0.2) is 29.2 Å². The number of amides is 3. The van der Waals surface area contributed by atoms with Gasteiger partial charge in [0, 0.05) is 12.1 Å². The lowest BCUT2D eigenvalue weighted by atomic mass is 10.1. The van der Waals surface area contributed by atoms with Gasteiger partial charge in [-0.25, -0.2) is 0 Å². The van der Waals surface area contributed by atoms with E-state index in [-0.39, 0.29) is 24.5 Å². The predicted octanol–water partition coefficient (Wildman–Crippen LogP) is 3.93. The Morgan fingerprint density at radius 1 is 1.12 bits per heavy atom. The van der Waals surface area contributed by atoms with Crippen LogP contribution in [-0.2, 0) is 16.0 Å². The normalized spacial score (nSPS) is 16.3. The molecule has 1 aliphatic rings. The van der Waals surface area contributed by atoms with Gasteiger partial charge in [-0.1, -0.05) is 31.2 Å². The third kappa shape index (κ3) is 4.55. The molecule has 1 aromatic rings. The largest absolute Gasteiger partial charge is 0.336 e. The van der Waals surface area contributed by atoms with Gasteiger partial charge in [-0.15, -0.1) is 0 Å². The van der Waals surface area contributed by atoms with Crippen LogP contribution in [0.1, 0.15) is 45.7 Å². The number of imide groups is 1. The van der Waals surface area contributed by atoms with E-state index in [2.05, 4.69) is 6.92 Å². The molecule has 140 valence electrons. The minimum absolute atomic E-state index is 0.00931. The Bertz CT molecular complexity index is 715. The van der Waals surface area contributed by atoms with Gasteiger partial charge in [0.25, 0.3) is 11.1 Å². The molecule has 0 bridgehead atoms. The Labute approximate surface area is 159 Å². The average molecular weight is 375 g/mol. The maximum absolute atomic E-state index is 12.6. The zero-order valence-electron chi connectivity index (χ0n) is 16.0. The summed E-state index contributed by atoms with van der Waals surface area (Å²) in [4.78, 5) is 40.5. The molecule has 3 amide bonds. The van der Waals surface area contributed by atoms with Gasteiger partial charge in [0.05, 0.1) is 4.91 Å². The molecule has 0 atom stereocenters. The Hall–Kier alpha value is -2.08. The van der Waals surface area contributed by atoms with Gasteiger partial charge in [0.2, 0.25) is 5.91 Å². The van der Waals surface area contributed by atoms with E-state index in [9.17, 15) is 14.4 Å². The quantitative estimate of drug-likeness (QED) is 0.708. The third-order valence-corrected chi connectivity index (χ3v) is 5.16. The molecule has 0 spiro atoms. The highest BCUT2D eigenvalue weighted by atomic mass is 32.2. The first-order valence-corrected chi connectivity index (χ1v) is 9.71. The minimum atomic E-state index is -0.402. The molecular formula is C20H26N2O3S.